The highest BCUT2D eigenvalue weighted by Crippen LogP contribution is 2.33. The highest BCUT2D eigenvalue weighted by molar-refractivity contribution is 7.10. The van der Waals surface area contributed by atoms with Crippen molar-refractivity contribution >= 4 is 34.2 Å². The fourth-order valence-corrected chi connectivity index (χ4v) is 4.14. The Kier molecular flexibility index (Phi) is 6.37. The molecule has 0 radical (unpaired) electrons. The predicted molar refractivity (Wildman–Crippen MR) is 117 cm³/mol. The van der Waals surface area contributed by atoms with Gasteiger partial charge in [0.15, 0.2) is 10.7 Å². The van der Waals surface area contributed by atoms with Crippen LogP contribution in [0.15, 0.2) is 48.8 Å². The monoisotopic (exact) mass is 438 g/mol. The van der Waals surface area contributed by atoms with Gasteiger partial charge in [0.1, 0.15) is 5.75 Å². The van der Waals surface area contributed by atoms with Gasteiger partial charge in [-0.1, -0.05) is 10.6 Å². The van der Waals surface area contributed by atoms with Crippen molar-refractivity contribution in [3.8, 4) is 5.75 Å². The molecule has 3 heterocycles. The van der Waals surface area contributed by atoms with Gasteiger partial charge in [0.2, 0.25) is 0 Å². The van der Waals surface area contributed by atoms with Gasteiger partial charge in [0, 0.05) is 36.2 Å². The number of pyridine rings is 1. The summed E-state index contributed by atoms with van der Waals surface area (Å²) in [5.74, 6) is 0.442. The van der Waals surface area contributed by atoms with Crippen molar-refractivity contribution < 1.29 is 14.3 Å². The maximum Gasteiger partial charge on any atom is 0.324 e. The predicted octanol–water partition coefficient (Wildman–Crippen LogP) is 3.95. The molecule has 1 atom stereocenters. The lowest BCUT2D eigenvalue weighted by atomic mass is 9.96. The van der Waals surface area contributed by atoms with Crippen LogP contribution in [0, 0.1) is 0 Å². The SMILES string of the molecule is COc1ccc(NC(=O)Nc2snnc2C(=O)N2CCCC[C@H]2c2cccnc2)cc1. The minimum absolute atomic E-state index is 0.0716. The van der Waals surface area contributed by atoms with Crippen molar-refractivity contribution in [3.05, 3.63) is 60.0 Å². The molecule has 10 heteroatoms. The Morgan fingerprint density at radius 2 is 2.00 bits per heavy atom. The van der Waals surface area contributed by atoms with Crippen LogP contribution in [0.4, 0.5) is 15.5 Å². The van der Waals surface area contributed by atoms with Gasteiger partial charge in [0.05, 0.1) is 13.2 Å². The first kappa shape index (κ1) is 20.7. The number of carbonyl (C=O) groups is 2. The molecule has 0 spiro atoms. The zero-order valence-electron chi connectivity index (χ0n) is 16.9. The largest absolute Gasteiger partial charge is 0.497 e. The van der Waals surface area contributed by atoms with E-state index in [1.165, 1.54) is 0 Å². The first-order valence-electron chi connectivity index (χ1n) is 9.91. The van der Waals surface area contributed by atoms with Crippen LogP contribution in [0.5, 0.6) is 5.75 Å². The van der Waals surface area contributed by atoms with E-state index in [1.54, 1.807) is 48.7 Å². The number of ether oxygens (including phenoxy) is 1. The number of amides is 3. The lowest BCUT2D eigenvalue weighted by Crippen LogP contribution is -2.39. The number of aromatic nitrogens is 3. The number of likely N-dealkylation sites (tertiary alicyclic amines) is 1. The van der Waals surface area contributed by atoms with E-state index in [0.717, 1.165) is 36.4 Å². The maximum atomic E-state index is 13.3. The summed E-state index contributed by atoms with van der Waals surface area (Å²) in [4.78, 5) is 31.7. The van der Waals surface area contributed by atoms with Gasteiger partial charge in [-0.15, -0.1) is 5.10 Å². The van der Waals surface area contributed by atoms with E-state index in [1.807, 2.05) is 12.1 Å². The van der Waals surface area contributed by atoms with Crippen LogP contribution in [0.1, 0.15) is 41.4 Å². The minimum Gasteiger partial charge on any atom is -0.497 e. The summed E-state index contributed by atoms with van der Waals surface area (Å²) in [5, 5.41) is 9.74. The molecule has 2 N–H and O–H groups in total. The Hall–Kier alpha value is -3.53. The summed E-state index contributed by atoms with van der Waals surface area (Å²) in [6, 6.07) is 10.2. The normalized spacial score (nSPS) is 15.9. The van der Waals surface area contributed by atoms with Gasteiger partial charge in [-0.3, -0.25) is 15.1 Å². The van der Waals surface area contributed by atoms with E-state index in [4.69, 9.17) is 4.74 Å². The van der Waals surface area contributed by atoms with Crippen LogP contribution >= 0.6 is 11.5 Å². The molecular weight excluding hydrogens is 416 g/mol. The van der Waals surface area contributed by atoms with Crippen LogP contribution in [0.25, 0.3) is 0 Å². The number of benzene rings is 1. The molecule has 1 aliphatic rings. The van der Waals surface area contributed by atoms with E-state index in [-0.39, 0.29) is 17.6 Å². The zero-order valence-corrected chi connectivity index (χ0v) is 17.8. The molecule has 1 fully saturated rings. The van der Waals surface area contributed by atoms with Crippen molar-refractivity contribution in [1.82, 2.24) is 19.5 Å². The zero-order chi connectivity index (χ0) is 21.6. The molecule has 4 rings (SSSR count). The van der Waals surface area contributed by atoms with Gasteiger partial charge in [0.25, 0.3) is 5.91 Å². The molecule has 0 aliphatic carbocycles. The summed E-state index contributed by atoms with van der Waals surface area (Å²) in [5.41, 5.74) is 1.73. The average molecular weight is 439 g/mol. The minimum atomic E-state index is -0.479. The Morgan fingerprint density at radius 3 is 2.74 bits per heavy atom. The lowest BCUT2D eigenvalue weighted by molar-refractivity contribution is 0.0606. The van der Waals surface area contributed by atoms with Crippen molar-refractivity contribution in [2.45, 2.75) is 25.3 Å². The number of anilines is 2. The molecule has 0 bridgehead atoms. The number of urea groups is 1. The number of carbonyl (C=O) groups excluding carboxylic acids is 2. The average Bonchev–Trinajstić information content (AvgIpc) is 3.27. The molecular formula is C21H22N6O3S. The first-order valence-corrected chi connectivity index (χ1v) is 10.7. The fourth-order valence-electron chi connectivity index (χ4n) is 3.58. The third-order valence-electron chi connectivity index (χ3n) is 5.10. The van der Waals surface area contributed by atoms with E-state index in [0.29, 0.717) is 23.0 Å². The summed E-state index contributed by atoms with van der Waals surface area (Å²) in [6.07, 6.45) is 6.31. The number of nitrogens with one attached hydrogen (secondary N) is 2. The number of nitrogens with zero attached hydrogens (tertiary/aromatic N) is 4. The highest BCUT2D eigenvalue weighted by atomic mass is 32.1. The van der Waals surface area contributed by atoms with Crippen LogP contribution < -0.4 is 15.4 Å². The summed E-state index contributed by atoms with van der Waals surface area (Å²) in [6.45, 7) is 0.618. The van der Waals surface area contributed by atoms with Gasteiger partial charge in [-0.2, -0.15) is 0 Å². The smallest absolute Gasteiger partial charge is 0.324 e. The third kappa shape index (κ3) is 4.80. The standard InChI is InChI=1S/C21H22N6O3S/c1-30-16-9-7-15(8-10-16)23-21(29)24-19-18(25-26-31-19)20(28)27-12-3-2-6-17(27)14-5-4-11-22-13-14/h4-5,7-11,13,17H,2-3,6,12H2,1H3,(H2,23,24,29)/t17-/m0/s1. The van der Waals surface area contributed by atoms with Crippen LogP contribution in [0.2, 0.25) is 0 Å². The molecule has 0 saturated carbocycles. The van der Waals surface area contributed by atoms with Crippen molar-refractivity contribution in [2.24, 2.45) is 0 Å². The third-order valence-corrected chi connectivity index (χ3v) is 5.74. The molecule has 9 nitrogen and oxygen atoms in total. The molecule has 1 aromatic carbocycles. The summed E-state index contributed by atoms with van der Waals surface area (Å²) < 4.78 is 9.00. The van der Waals surface area contributed by atoms with E-state index in [2.05, 4.69) is 25.2 Å². The molecule has 31 heavy (non-hydrogen) atoms. The highest BCUT2D eigenvalue weighted by Gasteiger charge is 2.32. The fraction of sp³-hybridized carbons (Fsp3) is 0.286. The second kappa shape index (κ2) is 9.52. The number of hydrogen-bond donors (Lipinski definition) is 2. The number of methoxy groups -OCH3 is 1. The van der Waals surface area contributed by atoms with Gasteiger partial charge < -0.3 is 15.0 Å². The van der Waals surface area contributed by atoms with Gasteiger partial charge >= 0.3 is 6.03 Å². The maximum absolute atomic E-state index is 13.3. The Labute approximate surface area is 183 Å². The molecule has 0 unspecified atom stereocenters. The van der Waals surface area contributed by atoms with Crippen LogP contribution in [-0.2, 0) is 0 Å². The second-order valence-corrected chi connectivity index (χ2v) is 7.81. The molecule has 160 valence electrons. The molecule has 3 aromatic rings. The summed E-state index contributed by atoms with van der Waals surface area (Å²) >= 11 is 0.971. The van der Waals surface area contributed by atoms with Crippen molar-refractivity contribution in [1.29, 1.82) is 0 Å². The van der Waals surface area contributed by atoms with Crippen LogP contribution in [-0.4, -0.2) is 45.1 Å². The Balaban J connectivity index is 1.47. The van der Waals surface area contributed by atoms with Crippen molar-refractivity contribution in [2.75, 3.05) is 24.3 Å². The van der Waals surface area contributed by atoms with Gasteiger partial charge in [-0.25, -0.2) is 4.79 Å². The quantitative estimate of drug-likeness (QED) is 0.624. The number of piperidine rings is 1. The molecule has 1 aliphatic heterocycles. The van der Waals surface area contributed by atoms with E-state index >= 15 is 0 Å². The van der Waals surface area contributed by atoms with Crippen LogP contribution in [0.3, 0.4) is 0 Å². The molecule has 2 aromatic heterocycles. The van der Waals surface area contributed by atoms with E-state index in [9.17, 15) is 9.59 Å². The molecule has 3 amide bonds. The first-order chi connectivity index (χ1) is 15.2. The summed E-state index contributed by atoms with van der Waals surface area (Å²) in [7, 11) is 1.58. The lowest BCUT2D eigenvalue weighted by Gasteiger charge is -2.35. The second-order valence-electron chi connectivity index (χ2n) is 7.05. The van der Waals surface area contributed by atoms with E-state index < -0.39 is 6.03 Å². The Morgan fingerprint density at radius 1 is 1.16 bits per heavy atom. The molecule has 1 saturated heterocycles. The number of rotatable bonds is 5. The van der Waals surface area contributed by atoms with Crippen molar-refractivity contribution in [3.63, 3.8) is 0 Å². The van der Waals surface area contributed by atoms with Gasteiger partial charge in [-0.05, 0) is 55.2 Å². The number of hydrogen-bond acceptors (Lipinski definition) is 7. The Bertz CT molecular complexity index is 1040. The topological polar surface area (TPSA) is 109 Å².